The number of carbonyl (C=O) groups is 1. The summed E-state index contributed by atoms with van der Waals surface area (Å²) in [5.74, 6) is -2.26. The molecule has 7 heteroatoms. The molecule has 1 N–H and O–H groups in total. The van der Waals surface area contributed by atoms with E-state index in [0.717, 1.165) is 18.2 Å². The Morgan fingerprint density at radius 1 is 1.44 bits per heavy atom. The van der Waals surface area contributed by atoms with Gasteiger partial charge in [0.1, 0.15) is 11.5 Å². The van der Waals surface area contributed by atoms with Gasteiger partial charge in [-0.2, -0.15) is 0 Å². The lowest BCUT2D eigenvalue weighted by molar-refractivity contribution is 0.0434. The molecule has 1 amide bonds. The molecule has 1 saturated heterocycles. The number of halogens is 3. The zero-order chi connectivity index (χ0) is 28.4. The Hall–Kier alpha value is -2.05. The Kier molecular flexibility index (Phi) is 3.23. The average Bonchev–Trinajstić information content (AvgIpc) is 2.76. The smallest absolute Gasteiger partial charge is 0.253 e. The van der Waals surface area contributed by atoms with E-state index in [1.165, 1.54) is 18.3 Å². The summed E-state index contributed by atoms with van der Waals surface area (Å²) in [7, 11) is 0. The lowest BCUT2D eigenvalue weighted by Gasteiger charge is -2.36. The summed E-state index contributed by atoms with van der Waals surface area (Å²) in [6, 6.07) is 5.09. The number of hydrogen-bond donors (Lipinski definition) is 1. The van der Waals surface area contributed by atoms with Crippen LogP contribution in [-0.2, 0) is 6.50 Å². The van der Waals surface area contributed by atoms with Crippen molar-refractivity contribution in [2.75, 3.05) is 19.5 Å². The molecule has 1 atom stereocenters. The molecule has 3 rings (SSSR count). The van der Waals surface area contributed by atoms with Crippen LogP contribution in [0, 0.1) is 12.7 Å². The topological polar surface area (TPSA) is 45.2 Å². The highest BCUT2D eigenvalue weighted by molar-refractivity contribution is 6.31. The number of hydrogen-bond acceptors (Lipinski definition) is 3. The number of aryl methyl sites for hydroxylation is 1. The van der Waals surface area contributed by atoms with Gasteiger partial charge in [0, 0.05) is 64.2 Å². The van der Waals surface area contributed by atoms with Crippen molar-refractivity contribution in [2.24, 2.45) is 0 Å². The minimum absolute atomic E-state index is 0.0423. The standard InChI is InChI=1S/C20H22ClF2N3O/c1-14-2-4-16(25-11-14)12-24-13-20(23)6-8-26(9-7-20)19(27)15-3-5-18(22)17(21)10-15/h2-5,10-11,24H,6-9,12-13H2,1H3/i6D2,7D2,8D2,12D2,13D2. The van der Waals surface area contributed by atoms with Gasteiger partial charge in [-0.05, 0) is 36.8 Å². The third-order valence-electron chi connectivity index (χ3n) is 3.59. The number of pyridine rings is 1. The van der Waals surface area contributed by atoms with Crippen LogP contribution in [0.4, 0.5) is 8.78 Å². The van der Waals surface area contributed by atoms with Crippen LogP contribution in [-0.4, -0.2) is 41.0 Å². The fourth-order valence-electron chi connectivity index (χ4n) is 2.12. The highest BCUT2D eigenvalue weighted by Crippen LogP contribution is 2.27. The van der Waals surface area contributed by atoms with Crippen molar-refractivity contribution < 1.29 is 27.3 Å². The number of aromatic nitrogens is 1. The molecule has 0 bridgehead atoms. The van der Waals surface area contributed by atoms with Crippen molar-refractivity contribution in [1.29, 1.82) is 0 Å². The van der Waals surface area contributed by atoms with Gasteiger partial charge in [0.25, 0.3) is 5.91 Å². The summed E-state index contributed by atoms with van der Waals surface area (Å²) in [6.07, 6.45) is -6.47. The lowest BCUT2D eigenvalue weighted by atomic mass is 9.92. The summed E-state index contributed by atoms with van der Waals surface area (Å²) >= 11 is 5.66. The highest BCUT2D eigenvalue weighted by Gasteiger charge is 2.35. The second-order valence-corrected chi connectivity index (χ2v) is 6.10. The molecule has 1 aliphatic heterocycles. The minimum atomic E-state index is -4.40. The number of nitrogens with one attached hydrogen (secondary N) is 1. The first-order valence-corrected chi connectivity index (χ1v) is 8.19. The molecule has 1 aliphatic rings. The number of carbonyl (C=O) groups excluding carboxylic acids is 1. The second kappa shape index (κ2) is 8.31. The van der Waals surface area contributed by atoms with Gasteiger partial charge in [-0.25, -0.2) is 8.78 Å². The first kappa shape index (κ1) is 10.5. The van der Waals surface area contributed by atoms with Crippen LogP contribution < -0.4 is 5.32 Å². The van der Waals surface area contributed by atoms with Crippen LogP contribution in [0.25, 0.3) is 0 Å². The third kappa shape index (κ3) is 5.02. The third-order valence-corrected chi connectivity index (χ3v) is 3.88. The maximum Gasteiger partial charge on any atom is 0.253 e. The second-order valence-electron chi connectivity index (χ2n) is 5.69. The molecule has 27 heavy (non-hydrogen) atoms. The fourth-order valence-corrected chi connectivity index (χ4v) is 2.30. The quantitative estimate of drug-likeness (QED) is 0.823. The van der Waals surface area contributed by atoms with Crippen molar-refractivity contribution in [3.05, 3.63) is 64.2 Å². The molecular weight excluding hydrogens is 372 g/mol. The lowest BCUT2D eigenvalue weighted by Crippen LogP contribution is -2.48. The molecule has 1 aromatic heterocycles. The van der Waals surface area contributed by atoms with Crippen LogP contribution in [0.3, 0.4) is 0 Å². The van der Waals surface area contributed by atoms with E-state index in [0.29, 0.717) is 5.56 Å². The molecule has 0 saturated carbocycles. The first-order valence-electron chi connectivity index (χ1n) is 12.8. The number of rotatable bonds is 5. The van der Waals surface area contributed by atoms with Crippen molar-refractivity contribution in [3.63, 3.8) is 0 Å². The van der Waals surface area contributed by atoms with Gasteiger partial charge in [-0.1, -0.05) is 17.7 Å². The Labute approximate surface area is 176 Å². The number of nitrogens with zero attached hydrogens (tertiary/aromatic N) is 2. The van der Waals surface area contributed by atoms with E-state index in [4.69, 9.17) is 25.3 Å². The van der Waals surface area contributed by atoms with Crippen LogP contribution in [0.2, 0.25) is 5.02 Å². The SMILES string of the molecule is [2H]C([2H])(NC([2H])([2H])C1(F)C([2H])([2H])CN(C(=O)c2ccc(F)c(Cl)c2)C([2H])([2H])C1([2H])[2H])c1ccc(C)cn1. The molecule has 0 spiro atoms. The van der Waals surface area contributed by atoms with Crippen LogP contribution >= 0.6 is 11.6 Å². The number of amides is 1. The van der Waals surface area contributed by atoms with Gasteiger partial charge in [0.2, 0.25) is 0 Å². The van der Waals surface area contributed by atoms with Crippen molar-refractivity contribution in [1.82, 2.24) is 15.2 Å². The summed E-state index contributed by atoms with van der Waals surface area (Å²) in [6.45, 7) is -10.3. The summed E-state index contributed by atoms with van der Waals surface area (Å²) in [5, 5.41) is 1.11. The molecular formula is C20H22ClF2N3O. The predicted octanol–water partition coefficient (Wildman–Crippen LogP) is 3.92. The van der Waals surface area contributed by atoms with E-state index in [1.807, 2.05) is 0 Å². The van der Waals surface area contributed by atoms with E-state index < -0.39 is 72.5 Å². The fraction of sp³-hybridized carbons (Fsp3) is 0.400. The van der Waals surface area contributed by atoms with E-state index in [2.05, 4.69) is 4.98 Å². The molecule has 4 nitrogen and oxygen atoms in total. The molecule has 144 valence electrons. The molecule has 1 fully saturated rings. The predicted molar refractivity (Wildman–Crippen MR) is 101 cm³/mol. The maximum absolute atomic E-state index is 16.6. The van der Waals surface area contributed by atoms with E-state index in [-0.39, 0.29) is 4.90 Å². The molecule has 0 radical (unpaired) electrons. The normalized spacial score (nSPS) is 32.1. The summed E-state index contributed by atoms with van der Waals surface area (Å²) < 4.78 is 113. The summed E-state index contributed by atoms with van der Waals surface area (Å²) in [5.41, 5.74) is -4.64. The van der Waals surface area contributed by atoms with Gasteiger partial charge >= 0.3 is 0 Å². The molecule has 1 aromatic carbocycles. The van der Waals surface area contributed by atoms with Gasteiger partial charge in [0.15, 0.2) is 0 Å². The number of piperidine rings is 1. The van der Waals surface area contributed by atoms with Crippen molar-refractivity contribution in [2.45, 2.75) is 31.8 Å². The number of alkyl halides is 1. The molecule has 2 aromatic rings. The molecule has 1 unspecified atom stereocenters. The number of benzene rings is 1. The zero-order valence-electron chi connectivity index (χ0n) is 24.1. The average molecular weight is 404 g/mol. The molecule has 2 heterocycles. The van der Waals surface area contributed by atoms with Crippen molar-refractivity contribution in [3.8, 4) is 0 Å². The monoisotopic (exact) mass is 403 g/mol. The van der Waals surface area contributed by atoms with Crippen LogP contribution in [0.5, 0.6) is 0 Å². The van der Waals surface area contributed by atoms with Crippen LogP contribution in [0.15, 0.2) is 36.5 Å². The first-order chi connectivity index (χ1) is 16.6. The Bertz CT molecular complexity index is 1220. The largest absolute Gasteiger partial charge is 0.338 e. The van der Waals surface area contributed by atoms with E-state index >= 15 is 4.39 Å². The minimum Gasteiger partial charge on any atom is -0.338 e. The Balaban J connectivity index is 2.08. The van der Waals surface area contributed by atoms with Gasteiger partial charge in [-0.3, -0.25) is 9.78 Å². The highest BCUT2D eigenvalue weighted by atomic mass is 35.5. The summed E-state index contributed by atoms with van der Waals surface area (Å²) in [4.78, 5) is 16.9. The van der Waals surface area contributed by atoms with E-state index in [1.54, 1.807) is 12.2 Å². The van der Waals surface area contributed by atoms with Crippen LogP contribution in [0.1, 0.15) is 48.1 Å². The van der Waals surface area contributed by atoms with Gasteiger partial charge < -0.3 is 10.2 Å². The van der Waals surface area contributed by atoms with Crippen molar-refractivity contribution >= 4 is 17.5 Å². The van der Waals surface area contributed by atoms with Gasteiger partial charge in [0.05, 0.1) is 10.7 Å². The maximum atomic E-state index is 16.6. The van der Waals surface area contributed by atoms with Gasteiger partial charge in [-0.15, -0.1) is 0 Å². The molecule has 0 aliphatic carbocycles. The Morgan fingerprint density at radius 3 is 2.96 bits per heavy atom. The van der Waals surface area contributed by atoms with E-state index in [9.17, 15) is 9.18 Å². The zero-order valence-corrected chi connectivity index (χ0v) is 14.9. The Morgan fingerprint density at radius 2 is 2.26 bits per heavy atom. The number of likely N-dealkylation sites (tertiary alicyclic amines) is 1.